The van der Waals surface area contributed by atoms with Gasteiger partial charge in [-0.3, -0.25) is 10.1 Å². The molecule has 0 saturated heterocycles. The minimum absolute atomic E-state index is 0.180. The molecule has 0 aliphatic heterocycles. The number of imide groups is 1. The molecule has 0 bridgehead atoms. The highest BCUT2D eigenvalue weighted by Crippen LogP contribution is 2.12. The number of rotatable bonds is 5. The molecule has 5 nitrogen and oxygen atoms in total. The van der Waals surface area contributed by atoms with Gasteiger partial charge in [0.25, 0.3) is 5.91 Å². The molecule has 0 aliphatic rings. The number of amides is 3. The number of nitrogens with one attached hydrogen (secondary N) is 2. The number of ether oxygens (including phenoxy) is 1. The van der Waals surface area contributed by atoms with Crippen molar-refractivity contribution < 1.29 is 14.3 Å². The maximum Gasteiger partial charge on any atom is 0.321 e. The maximum atomic E-state index is 11.4. The zero-order valence-corrected chi connectivity index (χ0v) is 12.2. The standard InChI is InChI=1S/C12H15IN2O3/c1-2-7-14-12(17)15-11(16)8-18-10-5-3-9(13)4-6-10/h3-6H,2,7-8H2,1H3,(H2,14,15,16,17). The van der Waals surface area contributed by atoms with Crippen LogP contribution in [0.2, 0.25) is 0 Å². The average Bonchev–Trinajstić information content (AvgIpc) is 2.35. The van der Waals surface area contributed by atoms with Crippen molar-refractivity contribution in [2.75, 3.05) is 13.2 Å². The summed E-state index contributed by atoms with van der Waals surface area (Å²) >= 11 is 2.18. The van der Waals surface area contributed by atoms with Crippen molar-refractivity contribution >= 4 is 34.5 Å². The topological polar surface area (TPSA) is 67.4 Å². The van der Waals surface area contributed by atoms with Gasteiger partial charge in [0.05, 0.1) is 0 Å². The molecule has 3 amide bonds. The van der Waals surface area contributed by atoms with Gasteiger partial charge in [-0.05, 0) is 53.3 Å². The number of hydrogen-bond acceptors (Lipinski definition) is 3. The van der Waals surface area contributed by atoms with E-state index < -0.39 is 11.9 Å². The van der Waals surface area contributed by atoms with Crippen molar-refractivity contribution in [1.29, 1.82) is 0 Å². The SMILES string of the molecule is CCCNC(=O)NC(=O)COc1ccc(I)cc1. The van der Waals surface area contributed by atoms with Crippen LogP contribution in [0.5, 0.6) is 5.75 Å². The first kappa shape index (κ1) is 14.7. The Hall–Kier alpha value is -1.31. The quantitative estimate of drug-likeness (QED) is 0.787. The van der Waals surface area contributed by atoms with E-state index in [0.717, 1.165) is 9.99 Å². The van der Waals surface area contributed by atoms with E-state index in [1.54, 1.807) is 12.1 Å². The van der Waals surface area contributed by atoms with Crippen molar-refractivity contribution in [2.24, 2.45) is 0 Å². The first-order valence-corrected chi connectivity index (χ1v) is 6.65. The predicted octanol–water partition coefficient (Wildman–Crippen LogP) is 1.91. The molecule has 0 aromatic heterocycles. The number of carbonyl (C=O) groups is 2. The zero-order valence-electron chi connectivity index (χ0n) is 10.0. The average molecular weight is 362 g/mol. The van der Waals surface area contributed by atoms with Crippen LogP contribution in [-0.4, -0.2) is 25.1 Å². The van der Waals surface area contributed by atoms with Crippen LogP contribution in [0.3, 0.4) is 0 Å². The smallest absolute Gasteiger partial charge is 0.321 e. The summed E-state index contributed by atoms with van der Waals surface area (Å²) in [5.74, 6) is 0.127. The van der Waals surface area contributed by atoms with E-state index in [1.165, 1.54) is 0 Å². The van der Waals surface area contributed by atoms with Crippen LogP contribution in [0.25, 0.3) is 0 Å². The minimum atomic E-state index is -0.493. The van der Waals surface area contributed by atoms with Crippen LogP contribution < -0.4 is 15.4 Å². The van der Waals surface area contributed by atoms with E-state index in [0.29, 0.717) is 12.3 Å². The highest BCUT2D eigenvalue weighted by Gasteiger charge is 2.07. The molecule has 2 N–H and O–H groups in total. The molecule has 0 unspecified atom stereocenters. The van der Waals surface area contributed by atoms with Gasteiger partial charge in [0, 0.05) is 10.1 Å². The van der Waals surface area contributed by atoms with Crippen LogP contribution >= 0.6 is 22.6 Å². The van der Waals surface area contributed by atoms with Crippen LogP contribution in [-0.2, 0) is 4.79 Å². The largest absolute Gasteiger partial charge is 0.484 e. The molecule has 6 heteroatoms. The van der Waals surface area contributed by atoms with Gasteiger partial charge in [-0.15, -0.1) is 0 Å². The van der Waals surface area contributed by atoms with E-state index in [1.807, 2.05) is 19.1 Å². The van der Waals surface area contributed by atoms with Gasteiger partial charge in [0.15, 0.2) is 6.61 Å². The van der Waals surface area contributed by atoms with Crippen molar-refractivity contribution in [3.05, 3.63) is 27.8 Å². The van der Waals surface area contributed by atoms with Crippen LogP contribution in [0, 0.1) is 3.57 Å². The number of carbonyl (C=O) groups excluding carboxylic acids is 2. The van der Waals surface area contributed by atoms with E-state index in [9.17, 15) is 9.59 Å². The Morgan fingerprint density at radius 2 is 1.94 bits per heavy atom. The molecule has 1 aromatic carbocycles. The van der Waals surface area contributed by atoms with E-state index in [2.05, 4.69) is 33.2 Å². The number of halogens is 1. The summed E-state index contributed by atoms with van der Waals surface area (Å²) in [4.78, 5) is 22.5. The molecular formula is C12H15IN2O3. The van der Waals surface area contributed by atoms with E-state index >= 15 is 0 Å². The van der Waals surface area contributed by atoms with Crippen molar-refractivity contribution in [3.8, 4) is 5.75 Å². The molecule has 1 aromatic rings. The molecule has 18 heavy (non-hydrogen) atoms. The summed E-state index contributed by atoms with van der Waals surface area (Å²) in [7, 11) is 0. The van der Waals surface area contributed by atoms with Gasteiger partial charge in [0.2, 0.25) is 0 Å². The highest BCUT2D eigenvalue weighted by molar-refractivity contribution is 14.1. The zero-order chi connectivity index (χ0) is 13.4. The Labute approximate surface area is 119 Å². The molecule has 0 saturated carbocycles. The lowest BCUT2D eigenvalue weighted by Crippen LogP contribution is -2.41. The van der Waals surface area contributed by atoms with Crippen LogP contribution in [0.15, 0.2) is 24.3 Å². The van der Waals surface area contributed by atoms with E-state index in [4.69, 9.17) is 4.74 Å². The molecule has 0 fully saturated rings. The summed E-state index contributed by atoms with van der Waals surface area (Å²) in [6.45, 7) is 2.29. The highest BCUT2D eigenvalue weighted by atomic mass is 127. The van der Waals surface area contributed by atoms with Crippen molar-refractivity contribution in [1.82, 2.24) is 10.6 Å². The molecule has 0 radical (unpaired) electrons. The second kappa shape index (κ2) is 7.91. The Morgan fingerprint density at radius 3 is 2.56 bits per heavy atom. The third kappa shape index (κ3) is 5.85. The predicted molar refractivity (Wildman–Crippen MR) is 76.5 cm³/mol. The minimum Gasteiger partial charge on any atom is -0.484 e. The number of urea groups is 1. The summed E-state index contributed by atoms with van der Waals surface area (Å²) in [5.41, 5.74) is 0. The number of hydrogen-bond donors (Lipinski definition) is 2. The second-order valence-corrected chi connectivity index (χ2v) is 4.79. The first-order chi connectivity index (χ1) is 8.61. The Kier molecular flexibility index (Phi) is 6.48. The monoisotopic (exact) mass is 362 g/mol. The summed E-state index contributed by atoms with van der Waals surface area (Å²) in [6, 6.07) is 6.80. The lowest BCUT2D eigenvalue weighted by molar-refractivity contribution is -0.122. The van der Waals surface area contributed by atoms with Crippen LogP contribution in [0.4, 0.5) is 4.79 Å². The Morgan fingerprint density at radius 1 is 1.28 bits per heavy atom. The van der Waals surface area contributed by atoms with Gasteiger partial charge in [-0.2, -0.15) is 0 Å². The molecule has 1 rings (SSSR count). The molecule has 0 heterocycles. The van der Waals surface area contributed by atoms with Crippen LogP contribution in [0.1, 0.15) is 13.3 Å². The van der Waals surface area contributed by atoms with Gasteiger partial charge in [0.1, 0.15) is 5.75 Å². The van der Waals surface area contributed by atoms with Crippen molar-refractivity contribution in [3.63, 3.8) is 0 Å². The molecule has 0 aliphatic carbocycles. The summed E-state index contributed by atoms with van der Waals surface area (Å²) < 4.78 is 6.32. The fourth-order valence-corrected chi connectivity index (χ4v) is 1.48. The summed E-state index contributed by atoms with van der Waals surface area (Å²) in [5, 5.41) is 4.72. The molecule has 0 spiro atoms. The Balaban J connectivity index is 2.28. The fraction of sp³-hybridized carbons (Fsp3) is 0.333. The Bertz CT molecular complexity index is 406. The van der Waals surface area contributed by atoms with Gasteiger partial charge < -0.3 is 10.1 Å². The lowest BCUT2D eigenvalue weighted by atomic mass is 10.3. The number of benzene rings is 1. The first-order valence-electron chi connectivity index (χ1n) is 5.58. The third-order valence-corrected chi connectivity index (χ3v) is 2.69. The third-order valence-electron chi connectivity index (χ3n) is 1.97. The van der Waals surface area contributed by atoms with E-state index in [-0.39, 0.29) is 6.61 Å². The molecular weight excluding hydrogens is 347 g/mol. The lowest BCUT2D eigenvalue weighted by Gasteiger charge is -2.07. The van der Waals surface area contributed by atoms with Gasteiger partial charge in [-0.25, -0.2) is 4.79 Å². The molecule has 0 atom stereocenters. The van der Waals surface area contributed by atoms with Crippen molar-refractivity contribution in [2.45, 2.75) is 13.3 Å². The molecule has 98 valence electrons. The summed E-state index contributed by atoms with van der Waals surface area (Å²) in [6.07, 6.45) is 0.820. The van der Waals surface area contributed by atoms with Gasteiger partial charge >= 0.3 is 6.03 Å². The maximum absolute atomic E-state index is 11.4. The van der Waals surface area contributed by atoms with Gasteiger partial charge in [-0.1, -0.05) is 6.92 Å². The fourth-order valence-electron chi connectivity index (χ4n) is 1.13. The normalized spacial score (nSPS) is 9.67. The second-order valence-electron chi connectivity index (χ2n) is 3.55.